The number of pyridine rings is 1. The van der Waals surface area contributed by atoms with E-state index in [4.69, 9.17) is 5.11 Å². The van der Waals surface area contributed by atoms with Crippen LogP contribution in [0.5, 0.6) is 0 Å². The maximum Gasteiger partial charge on any atom is 0.322 e. The Bertz CT molecular complexity index is 653. The van der Waals surface area contributed by atoms with Gasteiger partial charge in [0.15, 0.2) is 0 Å². The Labute approximate surface area is 119 Å². The Morgan fingerprint density at radius 1 is 1.50 bits per heavy atom. The van der Waals surface area contributed by atoms with Gasteiger partial charge < -0.3 is 15.7 Å². The van der Waals surface area contributed by atoms with Crippen LogP contribution in [0.2, 0.25) is 0 Å². The van der Waals surface area contributed by atoms with E-state index in [1.807, 2.05) is 13.0 Å². The van der Waals surface area contributed by atoms with Crippen LogP contribution in [0, 0.1) is 6.92 Å². The molecule has 20 heavy (non-hydrogen) atoms. The summed E-state index contributed by atoms with van der Waals surface area (Å²) in [5, 5.41) is 14.1. The van der Waals surface area contributed by atoms with Gasteiger partial charge in [-0.3, -0.25) is 14.6 Å². The number of hydrogen-bond donors (Lipinski definition) is 3. The lowest BCUT2D eigenvalue weighted by atomic mass is 10.2. The minimum Gasteiger partial charge on any atom is -0.480 e. The number of nitrogens with one attached hydrogen (secondary N) is 2. The maximum atomic E-state index is 12.0. The molecule has 0 radical (unpaired) electrons. The molecule has 3 N–H and O–H groups in total. The largest absolute Gasteiger partial charge is 0.480 e. The molecular weight excluding hydrogens is 278 g/mol. The van der Waals surface area contributed by atoms with Crippen LogP contribution in [0.3, 0.4) is 0 Å². The molecule has 2 rings (SSSR count). The SMILES string of the molecule is CNC(CNC(=O)c1cc2nccc(C)c2s1)C(=O)O. The van der Waals surface area contributed by atoms with E-state index >= 15 is 0 Å². The van der Waals surface area contributed by atoms with E-state index in [2.05, 4.69) is 15.6 Å². The first-order valence-electron chi connectivity index (χ1n) is 6.06. The van der Waals surface area contributed by atoms with Gasteiger partial charge >= 0.3 is 5.97 Å². The van der Waals surface area contributed by atoms with E-state index in [1.165, 1.54) is 18.4 Å². The lowest BCUT2D eigenvalue weighted by molar-refractivity contribution is -0.139. The van der Waals surface area contributed by atoms with Crippen molar-refractivity contribution in [1.29, 1.82) is 0 Å². The predicted molar refractivity (Wildman–Crippen MR) is 77.2 cm³/mol. The minimum atomic E-state index is -0.998. The molecule has 0 aromatic carbocycles. The molecule has 0 aliphatic rings. The van der Waals surface area contributed by atoms with Gasteiger partial charge in [0.05, 0.1) is 15.1 Å². The van der Waals surface area contributed by atoms with Crippen molar-refractivity contribution in [3.05, 3.63) is 28.8 Å². The van der Waals surface area contributed by atoms with Crippen LogP contribution in [-0.4, -0.2) is 41.6 Å². The molecule has 1 unspecified atom stereocenters. The number of carboxylic acids is 1. The van der Waals surface area contributed by atoms with Gasteiger partial charge in [0.1, 0.15) is 6.04 Å². The second kappa shape index (κ2) is 5.98. The fraction of sp³-hybridized carbons (Fsp3) is 0.308. The van der Waals surface area contributed by atoms with Gasteiger partial charge in [-0.05, 0) is 31.7 Å². The Balaban J connectivity index is 2.12. The molecule has 106 valence electrons. The number of hydrogen-bond acceptors (Lipinski definition) is 5. The van der Waals surface area contributed by atoms with E-state index in [1.54, 1.807) is 12.3 Å². The summed E-state index contributed by atoms with van der Waals surface area (Å²) in [5.74, 6) is -1.28. The number of carbonyl (C=O) groups is 2. The number of rotatable bonds is 5. The maximum absolute atomic E-state index is 12.0. The average Bonchev–Trinajstić information content (AvgIpc) is 2.84. The summed E-state index contributed by atoms with van der Waals surface area (Å²) >= 11 is 1.36. The van der Waals surface area contributed by atoms with E-state index < -0.39 is 12.0 Å². The fourth-order valence-corrected chi connectivity index (χ4v) is 2.77. The molecule has 1 atom stereocenters. The fourth-order valence-electron chi connectivity index (χ4n) is 1.77. The third-order valence-electron chi connectivity index (χ3n) is 2.95. The highest BCUT2D eigenvalue weighted by Crippen LogP contribution is 2.26. The number of carbonyl (C=O) groups excluding carboxylic acids is 1. The molecule has 2 aromatic heterocycles. The Morgan fingerprint density at radius 2 is 2.25 bits per heavy atom. The number of fused-ring (bicyclic) bond motifs is 1. The lowest BCUT2D eigenvalue weighted by Crippen LogP contribution is -2.44. The first-order chi connectivity index (χ1) is 9.52. The van der Waals surface area contributed by atoms with Crippen LogP contribution in [0.25, 0.3) is 10.2 Å². The van der Waals surface area contributed by atoms with Crippen molar-refractivity contribution in [2.45, 2.75) is 13.0 Å². The number of likely N-dealkylation sites (N-methyl/N-ethyl adjacent to an activating group) is 1. The molecule has 0 saturated heterocycles. The van der Waals surface area contributed by atoms with Crippen molar-refractivity contribution in [2.24, 2.45) is 0 Å². The molecule has 7 heteroatoms. The zero-order chi connectivity index (χ0) is 14.7. The zero-order valence-corrected chi connectivity index (χ0v) is 12.0. The molecule has 6 nitrogen and oxygen atoms in total. The quantitative estimate of drug-likeness (QED) is 0.765. The van der Waals surface area contributed by atoms with E-state index in [0.29, 0.717) is 4.88 Å². The summed E-state index contributed by atoms with van der Waals surface area (Å²) in [7, 11) is 1.54. The second-order valence-corrected chi connectivity index (χ2v) is 5.39. The van der Waals surface area contributed by atoms with E-state index in [0.717, 1.165) is 15.8 Å². The predicted octanol–water partition coefficient (Wildman–Crippen LogP) is 1.01. The highest BCUT2D eigenvalue weighted by molar-refractivity contribution is 7.20. The van der Waals surface area contributed by atoms with Crippen molar-refractivity contribution in [3.63, 3.8) is 0 Å². The number of carboxylic acid groups (broad SMARTS) is 1. The zero-order valence-electron chi connectivity index (χ0n) is 11.1. The Kier molecular flexibility index (Phi) is 4.31. The monoisotopic (exact) mass is 293 g/mol. The van der Waals surface area contributed by atoms with Gasteiger partial charge in [0.25, 0.3) is 5.91 Å². The molecule has 0 spiro atoms. The number of aromatic nitrogens is 1. The van der Waals surface area contributed by atoms with Crippen LogP contribution in [-0.2, 0) is 4.79 Å². The Morgan fingerprint density at radius 3 is 2.85 bits per heavy atom. The summed E-state index contributed by atoms with van der Waals surface area (Å²) in [6, 6.07) is 2.81. The van der Waals surface area contributed by atoms with Crippen LogP contribution in [0.4, 0.5) is 0 Å². The smallest absolute Gasteiger partial charge is 0.322 e. The minimum absolute atomic E-state index is 0.0331. The first-order valence-corrected chi connectivity index (χ1v) is 6.88. The molecular formula is C13H15N3O3S. The molecule has 0 saturated carbocycles. The topological polar surface area (TPSA) is 91.3 Å². The third kappa shape index (κ3) is 2.94. The van der Waals surface area contributed by atoms with Crippen molar-refractivity contribution in [1.82, 2.24) is 15.6 Å². The van der Waals surface area contributed by atoms with Crippen LogP contribution >= 0.6 is 11.3 Å². The van der Waals surface area contributed by atoms with Crippen LogP contribution in [0.15, 0.2) is 18.3 Å². The van der Waals surface area contributed by atoms with Crippen molar-refractivity contribution in [3.8, 4) is 0 Å². The van der Waals surface area contributed by atoms with Crippen LogP contribution < -0.4 is 10.6 Å². The van der Waals surface area contributed by atoms with Crippen molar-refractivity contribution in [2.75, 3.05) is 13.6 Å². The molecule has 0 bridgehead atoms. The summed E-state index contributed by atoms with van der Waals surface area (Å²) < 4.78 is 0.973. The number of amides is 1. The first kappa shape index (κ1) is 14.4. The molecule has 2 aromatic rings. The Hall–Kier alpha value is -1.99. The number of nitrogens with zero attached hydrogens (tertiary/aromatic N) is 1. The highest BCUT2D eigenvalue weighted by Gasteiger charge is 2.17. The molecule has 0 fully saturated rings. The van der Waals surface area contributed by atoms with Gasteiger partial charge in [-0.1, -0.05) is 0 Å². The summed E-state index contributed by atoms with van der Waals surface area (Å²) in [6.07, 6.45) is 1.70. The van der Waals surface area contributed by atoms with Gasteiger partial charge in [0, 0.05) is 12.7 Å². The normalized spacial score (nSPS) is 12.3. The lowest BCUT2D eigenvalue weighted by Gasteiger charge is -2.11. The van der Waals surface area contributed by atoms with E-state index in [9.17, 15) is 9.59 Å². The van der Waals surface area contributed by atoms with Crippen molar-refractivity contribution >= 4 is 33.4 Å². The number of thiophene rings is 1. The highest BCUT2D eigenvalue weighted by atomic mass is 32.1. The number of aliphatic carboxylic acids is 1. The van der Waals surface area contributed by atoms with Crippen LogP contribution in [0.1, 0.15) is 15.2 Å². The van der Waals surface area contributed by atoms with E-state index in [-0.39, 0.29) is 12.5 Å². The summed E-state index contributed by atoms with van der Waals surface area (Å²) in [5.41, 5.74) is 1.85. The number of aryl methyl sites for hydroxylation is 1. The average molecular weight is 293 g/mol. The summed E-state index contributed by atoms with van der Waals surface area (Å²) in [6.45, 7) is 2.00. The molecule has 1 amide bonds. The molecule has 0 aliphatic heterocycles. The van der Waals surface area contributed by atoms with Gasteiger partial charge in [-0.15, -0.1) is 11.3 Å². The van der Waals surface area contributed by atoms with Gasteiger partial charge in [-0.25, -0.2) is 0 Å². The summed E-state index contributed by atoms with van der Waals surface area (Å²) in [4.78, 5) is 27.6. The molecule has 0 aliphatic carbocycles. The standard InChI is InChI=1S/C13H15N3O3S/c1-7-3-4-15-8-5-10(20-11(7)8)12(17)16-6-9(14-2)13(18)19/h3-5,9,14H,6H2,1-2H3,(H,16,17)(H,18,19). The third-order valence-corrected chi connectivity index (χ3v) is 4.20. The second-order valence-electron chi connectivity index (χ2n) is 4.34. The van der Waals surface area contributed by atoms with Gasteiger partial charge in [0.2, 0.25) is 0 Å². The van der Waals surface area contributed by atoms with Gasteiger partial charge in [-0.2, -0.15) is 0 Å². The molecule has 2 heterocycles. The van der Waals surface area contributed by atoms with Crippen molar-refractivity contribution < 1.29 is 14.7 Å².